The number of halogens is 1. The molecule has 0 saturated heterocycles. The number of hydrogen-bond acceptors (Lipinski definition) is 3. The number of nitrogens with two attached hydrogens (primary N) is 1. The van der Waals surface area contributed by atoms with Crippen LogP contribution in [-0.4, -0.2) is 11.0 Å². The zero-order valence-electron chi connectivity index (χ0n) is 10.0. The standard InChI is InChI=1S/C14H15BrN2O/c15-10-3-1-9(2-4-10)7-14-17-12-6-5-11(16)8-13(12)18-14/h1-4,11H,5-8,16H2. The molecule has 2 N–H and O–H groups in total. The Bertz CT molecular complexity index is 547. The molecule has 94 valence electrons. The first-order chi connectivity index (χ1) is 8.70. The molecule has 0 radical (unpaired) electrons. The fraction of sp³-hybridized carbons (Fsp3) is 0.357. The monoisotopic (exact) mass is 306 g/mol. The summed E-state index contributed by atoms with van der Waals surface area (Å²) in [5.41, 5.74) is 8.25. The summed E-state index contributed by atoms with van der Waals surface area (Å²) in [5.74, 6) is 1.79. The van der Waals surface area contributed by atoms with Crippen molar-refractivity contribution < 1.29 is 4.42 Å². The highest BCUT2D eigenvalue weighted by Crippen LogP contribution is 2.23. The fourth-order valence-electron chi connectivity index (χ4n) is 2.31. The molecule has 0 saturated carbocycles. The van der Waals surface area contributed by atoms with Crippen molar-refractivity contribution in [2.45, 2.75) is 31.7 Å². The highest BCUT2D eigenvalue weighted by molar-refractivity contribution is 9.10. The molecule has 1 aromatic heterocycles. The van der Waals surface area contributed by atoms with E-state index < -0.39 is 0 Å². The molecule has 4 heteroatoms. The van der Waals surface area contributed by atoms with Gasteiger partial charge in [0.25, 0.3) is 0 Å². The number of fused-ring (bicyclic) bond motifs is 1. The Morgan fingerprint density at radius 3 is 2.89 bits per heavy atom. The lowest BCUT2D eigenvalue weighted by Gasteiger charge is -2.14. The van der Waals surface area contributed by atoms with Gasteiger partial charge in [-0.15, -0.1) is 0 Å². The topological polar surface area (TPSA) is 52.0 Å². The van der Waals surface area contributed by atoms with E-state index in [1.165, 1.54) is 5.56 Å². The summed E-state index contributed by atoms with van der Waals surface area (Å²) in [4.78, 5) is 4.57. The molecule has 0 amide bonds. The summed E-state index contributed by atoms with van der Waals surface area (Å²) in [6, 6.07) is 8.46. The SMILES string of the molecule is NC1CCc2nc(Cc3ccc(Br)cc3)oc2C1. The van der Waals surface area contributed by atoms with Crippen LogP contribution in [0.5, 0.6) is 0 Å². The Balaban J connectivity index is 1.79. The van der Waals surface area contributed by atoms with E-state index in [2.05, 4.69) is 33.0 Å². The van der Waals surface area contributed by atoms with Crippen LogP contribution >= 0.6 is 15.9 Å². The zero-order valence-corrected chi connectivity index (χ0v) is 11.6. The zero-order chi connectivity index (χ0) is 12.5. The van der Waals surface area contributed by atoms with Crippen LogP contribution in [0.4, 0.5) is 0 Å². The molecule has 1 unspecified atom stereocenters. The number of oxazole rings is 1. The lowest BCUT2D eigenvalue weighted by atomic mass is 9.98. The average Bonchev–Trinajstić information content (AvgIpc) is 2.73. The van der Waals surface area contributed by atoms with Crippen LogP contribution in [0, 0.1) is 0 Å². The third-order valence-electron chi connectivity index (χ3n) is 3.29. The highest BCUT2D eigenvalue weighted by Gasteiger charge is 2.21. The number of aryl methyl sites for hydroxylation is 1. The van der Waals surface area contributed by atoms with Gasteiger partial charge in [-0.05, 0) is 30.5 Å². The fourth-order valence-corrected chi connectivity index (χ4v) is 2.57. The van der Waals surface area contributed by atoms with E-state index in [1.807, 2.05) is 12.1 Å². The van der Waals surface area contributed by atoms with Crippen molar-refractivity contribution in [3.8, 4) is 0 Å². The van der Waals surface area contributed by atoms with E-state index in [0.717, 1.165) is 47.5 Å². The van der Waals surface area contributed by atoms with Crippen molar-refractivity contribution in [1.82, 2.24) is 4.98 Å². The first-order valence-electron chi connectivity index (χ1n) is 6.18. The van der Waals surface area contributed by atoms with Gasteiger partial charge in [-0.1, -0.05) is 28.1 Å². The Morgan fingerprint density at radius 1 is 1.33 bits per heavy atom. The van der Waals surface area contributed by atoms with Gasteiger partial charge in [0.2, 0.25) is 0 Å². The normalized spacial score (nSPS) is 18.7. The maximum atomic E-state index is 5.94. The second kappa shape index (κ2) is 4.86. The van der Waals surface area contributed by atoms with Gasteiger partial charge in [0.1, 0.15) is 5.76 Å². The van der Waals surface area contributed by atoms with Crippen LogP contribution in [0.25, 0.3) is 0 Å². The maximum Gasteiger partial charge on any atom is 0.199 e. The molecule has 1 aromatic carbocycles. The molecule has 2 aromatic rings. The smallest absolute Gasteiger partial charge is 0.199 e. The molecule has 0 bridgehead atoms. The lowest BCUT2D eigenvalue weighted by Crippen LogP contribution is -2.27. The molecular formula is C14H15BrN2O. The second-order valence-electron chi connectivity index (χ2n) is 4.78. The Morgan fingerprint density at radius 2 is 2.11 bits per heavy atom. The van der Waals surface area contributed by atoms with Crippen molar-refractivity contribution >= 4 is 15.9 Å². The third-order valence-corrected chi connectivity index (χ3v) is 3.82. The predicted octanol–water partition coefficient (Wildman–Crippen LogP) is 2.84. The quantitative estimate of drug-likeness (QED) is 0.928. The Kier molecular flexibility index (Phi) is 3.22. The van der Waals surface area contributed by atoms with Gasteiger partial charge in [0, 0.05) is 23.4 Å². The third kappa shape index (κ3) is 2.49. The molecule has 0 fully saturated rings. The van der Waals surface area contributed by atoms with Crippen molar-refractivity contribution in [3.63, 3.8) is 0 Å². The molecule has 1 heterocycles. The molecule has 1 aliphatic carbocycles. The number of rotatable bonds is 2. The average molecular weight is 307 g/mol. The number of benzene rings is 1. The highest BCUT2D eigenvalue weighted by atomic mass is 79.9. The van der Waals surface area contributed by atoms with Gasteiger partial charge in [-0.2, -0.15) is 0 Å². The lowest BCUT2D eigenvalue weighted by molar-refractivity contribution is 0.427. The summed E-state index contributed by atoms with van der Waals surface area (Å²) < 4.78 is 6.89. The molecular weight excluding hydrogens is 292 g/mol. The van der Waals surface area contributed by atoms with Crippen LogP contribution in [0.1, 0.15) is 29.3 Å². The molecule has 1 aliphatic rings. The Hall–Kier alpha value is -1.13. The van der Waals surface area contributed by atoms with Crippen LogP contribution < -0.4 is 5.73 Å². The van der Waals surface area contributed by atoms with Crippen molar-refractivity contribution in [3.05, 3.63) is 51.6 Å². The molecule has 0 spiro atoms. The molecule has 1 atom stereocenters. The van der Waals surface area contributed by atoms with Gasteiger partial charge in [-0.25, -0.2) is 4.98 Å². The van der Waals surface area contributed by atoms with Gasteiger partial charge in [-0.3, -0.25) is 0 Å². The van der Waals surface area contributed by atoms with Crippen LogP contribution in [0.2, 0.25) is 0 Å². The van der Waals surface area contributed by atoms with Crippen LogP contribution in [0.15, 0.2) is 33.2 Å². The van der Waals surface area contributed by atoms with Crippen molar-refractivity contribution in [2.24, 2.45) is 5.73 Å². The van der Waals surface area contributed by atoms with Gasteiger partial charge >= 0.3 is 0 Å². The van der Waals surface area contributed by atoms with E-state index in [0.29, 0.717) is 0 Å². The molecule has 3 rings (SSSR count). The molecule has 3 nitrogen and oxygen atoms in total. The summed E-state index contributed by atoms with van der Waals surface area (Å²) in [5, 5.41) is 0. The van der Waals surface area contributed by atoms with Crippen LogP contribution in [0.3, 0.4) is 0 Å². The van der Waals surface area contributed by atoms with Gasteiger partial charge < -0.3 is 10.2 Å². The van der Waals surface area contributed by atoms with E-state index >= 15 is 0 Å². The minimum atomic E-state index is 0.228. The van der Waals surface area contributed by atoms with Gasteiger partial charge in [0.15, 0.2) is 5.89 Å². The molecule has 18 heavy (non-hydrogen) atoms. The van der Waals surface area contributed by atoms with Crippen molar-refractivity contribution in [1.29, 1.82) is 0 Å². The summed E-state index contributed by atoms with van der Waals surface area (Å²) in [6.07, 6.45) is 3.52. The second-order valence-corrected chi connectivity index (χ2v) is 5.70. The van der Waals surface area contributed by atoms with Gasteiger partial charge in [0.05, 0.1) is 5.69 Å². The van der Waals surface area contributed by atoms with E-state index in [4.69, 9.17) is 10.2 Å². The Labute approximate surface area is 115 Å². The van der Waals surface area contributed by atoms with Crippen LogP contribution in [-0.2, 0) is 19.3 Å². The minimum absolute atomic E-state index is 0.228. The number of aromatic nitrogens is 1. The first kappa shape index (κ1) is 11.9. The number of hydrogen-bond donors (Lipinski definition) is 1. The van der Waals surface area contributed by atoms with E-state index in [-0.39, 0.29) is 6.04 Å². The van der Waals surface area contributed by atoms with Crippen molar-refractivity contribution in [2.75, 3.05) is 0 Å². The predicted molar refractivity (Wildman–Crippen MR) is 73.5 cm³/mol. The summed E-state index contributed by atoms with van der Waals surface area (Å²) >= 11 is 3.43. The maximum absolute atomic E-state index is 5.94. The van der Waals surface area contributed by atoms with E-state index in [1.54, 1.807) is 0 Å². The molecule has 0 aliphatic heterocycles. The largest absolute Gasteiger partial charge is 0.445 e. The summed E-state index contributed by atoms with van der Waals surface area (Å²) in [6.45, 7) is 0. The first-order valence-corrected chi connectivity index (χ1v) is 6.97. The minimum Gasteiger partial charge on any atom is -0.445 e. The summed E-state index contributed by atoms with van der Waals surface area (Å²) in [7, 11) is 0. The number of nitrogens with zero attached hydrogens (tertiary/aromatic N) is 1. The van der Waals surface area contributed by atoms with E-state index in [9.17, 15) is 0 Å².